The topological polar surface area (TPSA) is 72.6 Å². The number of ether oxygens (including phenoxy) is 1. The van der Waals surface area contributed by atoms with E-state index in [2.05, 4.69) is 0 Å². The number of hydrogen-bond donors (Lipinski definition) is 1. The summed E-state index contributed by atoms with van der Waals surface area (Å²) in [6.45, 7) is 5.60. The van der Waals surface area contributed by atoms with Crippen LogP contribution in [0.3, 0.4) is 0 Å². The highest BCUT2D eigenvalue weighted by Crippen LogP contribution is 2.32. The number of amides is 2. The summed E-state index contributed by atoms with van der Waals surface area (Å²) in [6.07, 6.45) is 0.0278. The lowest BCUT2D eigenvalue weighted by atomic mass is 9.85. The average Bonchev–Trinajstić information content (AvgIpc) is 2.46. The molecule has 0 aliphatic carbocycles. The Kier molecular flexibility index (Phi) is 5.38. The Labute approximate surface area is 145 Å². The fourth-order valence-electron chi connectivity index (χ4n) is 2.82. The standard InChI is InChI=1S/C17H22ClFN2O3/c1-10(13-5-4-11(18)8-14(13)19)21-7-6-12(24-16(21)23)9-17(2,3)15(20)22/h4-5,8,10,12H,6-7,9H2,1-3H3,(H2,20,22). The van der Waals surface area contributed by atoms with E-state index in [9.17, 15) is 14.0 Å². The number of rotatable bonds is 5. The van der Waals surface area contributed by atoms with E-state index in [-0.39, 0.29) is 6.10 Å². The van der Waals surface area contributed by atoms with E-state index < -0.39 is 29.3 Å². The lowest BCUT2D eigenvalue weighted by molar-refractivity contribution is -0.128. The predicted molar refractivity (Wildman–Crippen MR) is 89.0 cm³/mol. The van der Waals surface area contributed by atoms with Crippen LogP contribution in [-0.4, -0.2) is 29.5 Å². The average molecular weight is 357 g/mol. The predicted octanol–water partition coefficient (Wildman–Crippen LogP) is 3.65. The minimum Gasteiger partial charge on any atom is -0.446 e. The van der Waals surface area contributed by atoms with Gasteiger partial charge in [0.05, 0.1) is 6.04 Å². The molecule has 0 saturated carbocycles. The number of carbonyl (C=O) groups is 2. The lowest BCUT2D eigenvalue weighted by Gasteiger charge is -2.37. The molecule has 1 aromatic carbocycles. The summed E-state index contributed by atoms with van der Waals surface area (Å²) in [6, 6.07) is 3.91. The second kappa shape index (κ2) is 6.97. The Morgan fingerprint density at radius 1 is 1.54 bits per heavy atom. The number of cyclic esters (lactones) is 1. The maximum absolute atomic E-state index is 14.1. The van der Waals surface area contributed by atoms with Gasteiger partial charge in [0.1, 0.15) is 11.9 Å². The molecule has 132 valence electrons. The first-order valence-corrected chi connectivity index (χ1v) is 8.21. The molecule has 1 aromatic rings. The number of hydrogen-bond acceptors (Lipinski definition) is 3. The maximum Gasteiger partial charge on any atom is 0.410 e. The van der Waals surface area contributed by atoms with E-state index in [1.165, 1.54) is 11.0 Å². The van der Waals surface area contributed by atoms with Crippen molar-refractivity contribution in [2.75, 3.05) is 6.54 Å². The van der Waals surface area contributed by atoms with Crippen LogP contribution >= 0.6 is 11.6 Å². The van der Waals surface area contributed by atoms with Gasteiger partial charge in [-0.25, -0.2) is 9.18 Å². The molecule has 1 saturated heterocycles. The van der Waals surface area contributed by atoms with E-state index in [0.717, 1.165) is 0 Å². The quantitative estimate of drug-likeness (QED) is 0.875. The van der Waals surface area contributed by atoms with E-state index in [4.69, 9.17) is 22.1 Å². The number of halogens is 2. The third kappa shape index (κ3) is 3.98. The maximum atomic E-state index is 14.1. The van der Waals surface area contributed by atoms with Crippen molar-refractivity contribution in [2.24, 2.45) is 11.1 Å². The summed E-state index contributed by atoms with van der Waals surface area (Å²) >= 11 is 5.76. The molecule has 1 heterocycles. The number of nitrogens with two attached hydrogens (primary N) is 1. The fraction of sp³-hybridized carbons (Fsp3) is 0.529. The molecule has 1 aliphatic heterocycles. The highest BCUT2D eigenvalue weighted by atomic mass is 35.5. The van der Waals surface area contributed by atoms with Crippen molar-refractivity contribution in [2.45, 2.75) is 45.8 Å². The SMILES string of the molecule is CC(c1ccc(Cl)cc1F)N1CCC(CC(C)(C)C(N)=O)OC1=O. The highest BCUT2D eigenvalue weighted by Gasteiger charge is 2.36. The Balaban J connectivity index is 2.05. The minimum absolute atomic E-state index is 0.304. The summed E-state index contributed by atoms with van der Waals surface area (Å²) in [5, 5.41) is 0.304. The van der Waals surface area contributed by atoms with Gasteiger partial charge in [-0.1, -0.05) is 31.5 Å². The van der Waals surface area contributed by atoms with Crippen molar-refractivity contribution in [3.05, 3.63) is 34.6 Å². The lowest BCUT2D eigenvalue weighted by Crippen LogP contribution is -2.46. The molecule has 24 heavy (non-hydrogen) atoms. The molecule has 2 N–H and O–H groups in total. The van der Waals surface area contributed by atoms with E-state index in [1.807, 2.05) is 0 Å². The van der Waals surface area contributed by atoms with Crippen LogP contribution in [0.1, 0.15) is 45.2 Å². The second-order valence-electron chi connectivity index (χ2n) is 6.78. The zero-order valence-corrected chi connectivity index (χ0v) is 14.8. The molecule has 0 aromatic heterocycles. The molecule has 2 amide bonds. The van der Waals surface area contributed by atoms with Gasteiger partial charge in [-0.05, 0) is 25.5 Å². The van der Waals surface area contributed by atoms with Crippen LogP contribution in [0.4, 0.5) is 9.18 Å². The Morgan fingerprint density at radius 3 is 2.75 bits per heavy atom. The van der Waals surface area contributed by atoms with Crippen molar-refractivity contribution >= 4 is 23.6 Å². The first-order chi connectivity index (χ1) is 11.1. The summed E-state index contributed by atoms with van der Waals surface area (Å²) in [7, 11) is 0. The van der Waals surface area contributed by atoms with Crippen molar-refractivity contribution in [3.63, 3.8) is 0 Å². The third-order valence-electron chi connectivity index (χ3n) is 4.48. The van der Waals surface area contributed by atoms with Gasteiger partial charge in [0, 0.05) is 29.0 Å². The van der Waals surface area contributed by atoms with E-state index in [1.54, 1.807) is 32.9 Å². The molecule has 2 unspecified atom stereocenters. The smallest absolute Gasteiger partial charge is 0.410 e. The molecule has 0 bridgehead atoms. The molecule has 2 rings (SSSR count). The molecule has 0 spiro atoms. The van der Waals surface area contributed by atoms with E-state index in [0.29, 0.717) is 30.0 Å². The molecule has 1 fully saturated rings. The summed E-state index contributed by atoms with van der Waals surface area (Å²) in [4.78, 5) is 25.2. The molecule has 0 radical (unpaired) electrons. The zero-order valence-electron chi connectivity index (χ0n) is 14.0. The van der Waals surface area contributed by atoms with Gasteiger partial charge in [-0.3, -0.25) is 4.79 Å². The first-order valence-electron chi connectivity index (χ1n) is 7.84. The number of benzene rings is 1. The Hall–Kier alpha value is -1.82. The van der Waals surface area contributed by atoms with Crippen molar-refractivity contribution in [1.29, 1.82) is 0 Å². The van der Waals surface area contributed by atoms with Crippen LogP contribution in [0.5, 0.6) is 0 Å². The van der Waals surface area contributed by atoms with Crippen LogP contribution in [0.15, 0.2) is 18.2 Å². The van der Waals surface area contributed by atoms with Crippen LogP contribution in [-0.2, 0) is 9.53 Å². The van der Waals surface area contributed by atoms with Crippen LogP contribution in [0.25, 0.3) is 0 Å². The van der Waals surface area contributed by atoms with Gasteiger partial charge >= 0.3 is 6.09 Å². The number of nitrogens with zero attached hydrogens (tertiary/aromatic N) is 1. The number of primary amides is 1. The van der Waals surface area contributed by atoms with E-state index >= 15 is 0 Å². The molecule has 5 nitrogen and oxygen atoms in total. The fourth-order valence-corrected chi connectivity index (χ4v) is 2.98. The number of carbonyl (C=O) groups excluding carboxylic acids is 2. The largest absolute Gasteiger partial charge is 0.446 e. The van der Waals surface area contributed by atoms with Gasteiger partial charge in [0.15, 0.2) is 0 Å². The normalized spacial score (nSPS) is 19.8. The van der Waals surface area contributed by atoms with Gasteiger partial charge in [0.2, 0.25) is 5.91 Å². The van der Waals surface area contributed by atoms with Crippen molar-refractivity contribution in [3.8, 4) is 0 Å². The summed E-state index contributed by atoms with van der Waals surface area (Å²) < 4.78 is 19.5. The second-order valence-corrected chi connectivity index (χ2v) is 7.22. The Bertz CT molecular complexity index is 651. The van der Waals surface area contributed by atoms with Crippen LogP contribution in [0.2, 0.25) is 5.02 Å². The monoisotopic (exact) mass is 356 g/mol. The van der Waals surface area contributed by atoms with Gasteiger partial charge < -0.3 is 15.4 Å². The Morgan fingerprint density at radius 2 is 2.21 bits per heavy atom. The minimum atomic E-state index is -0.749. The molecular weight excluding hydrogens is 335 g/mol. The van der Waals surface area contributed by atoms with Crippen molar-refractivity contribution < 1.29 is 18.7 Å². The van der Waals surface area contributed by atoms with Crippen LogP contribution < -0.4 is 5.73 Å². The zero-order chi connectivity index (χ0) is 18.1. The molecular formula is C17H22ClFN2O3. The summed E-state index contributed by atoms with van der Waals surface area (Å²) in [5.74, 6) is -0.891. The van der Waals surface area contributed by atoms with Gasteiger partial charge in [-0.15, -0.1) is 0 Å². The van der Waals surface area contributed by atoms with Crippen LogP contribution in [0, 0.1) is 11.2 Å². The van der Waals surface area contributed by atoms with Gasteiger partial charge in [-0.2, -0.15) is 0 Å². The highest BCUT2D eigenvalue weighted by molar-refractivity contribution is 6.30. The molecule has 2 atom stereocenters. The first kappa shape index (κ1) is 18.5. The molecule has 1 aliphatic rings. The summed E-state index contributed by atoms with van der Waals surface area (Å²) in [5.41, 5.74) is 4.99. The third-order valence-corrected chi connectivity index (χ3v) is 4.71. The van der Waals surface area contributed by atoms with Crippen molar-refractivity contribution in [1.82, 2.24) is 4.90 Å². The van der Waals surface area contributed by atoms with Gasteiger partial charge in [0.25, 0.3) is 0 Å². The molecule has 7 heteroatoms.